The van der Waals surface area contributed by atoms with Crippen LogP contribution < -0.4 is 10.9 Å². The van der Waals surface area contributed by atoms with Crippen molar-refractivity contribution in [1.29, 1.82) is 0 Å². The molecule has 2 N–H and O–H groups in total. The molecule has 0 aliphatic heterocycles. The summed E-state index contributed by atoms with van der Waals surface area (Å²) in [6.45, 7) is 5.54. The van der Waals surface area contributed by atoms with Gasteiger partial charge in [0, 0.05) is 23.9 Å². The number of nitro benzene ring substituents is 1. The maximum Gasteiger partial charge on any atom is 0.269 e. The van der Waals surface area contributed by atoms with E-state index in [0.29, 0.717) is 22.1 Å². The molecule has 0 radical (unpaired) electrons. The second kappa shape index (κ2) is 7.93. The predicted octanol–water partition coefficient (Wildman–Crippen LogP) is 2.84. The fraction of sp³-hybridized carbons (Fsp3) is 0.312. The van der Waals surface area contributed by atoms with Crippen LogP contribution in [0.5, 0.6) is 0 Å². The lowest BCUT2D eigenvalue weighted by Crippen LogP contribution is -2.16. The van der Waals surface area contributed by atoms with Gasteiger partial charge < -0.3 is 10.3 Å². The SMILES string of the molecule is Cc1cc([N+](=O)[O-])ccc1NC(=O)CSc1nc(C(C)C)cc(=O)[nH]1. The van der Waals surface area contributed by atoms with Crippen molar-refractivity contribution < 1.29 is 9.72 Å². The molecule has 0 unspecified atom stereocenters. The van der Waals surface area contributed by atoms with E-state index in [1.165, 1.54) is 24.3 Å². The molecule has 0 bridgehead atoms. The molecule has 0 fully saturated rings. The molecule has 2 aromatic rings. The summed E-state index contributed by atoms with van der Waals surface area (Å²) in [5.41, 5.74) is 1.48. The van der Waals surface area contributed by atoms with E-state index in [-0.39, 0.29) is 28.8 Å². The van der Waals surface area contributed by atoms with Crippen molar-refractivity contribution in [1.82, 2.24) is 9.97 Å². The Balaban J connectivity index is 2.02. The molecule has 2 rings (SSSR count). The number of aryl methyl sites for hydroxylation is 1. The van der Waals surface area contributed by atoms with E-state index in [0.717, 1.165) is 11.8 Å². The first kappa shape index (κ1) is 18.7. The second-order valence-corrected chi connectivity index (χ2v) is 6.69. The van der Waals surface area contributed by atoms with Crippen LogP contribution in [0.2, 0.25) is 0 Å². The lowest BCUT2D eigenvalue weighted by Gasteiger charge is -2.09. The smallest absolute Gasteiger partial charge is 0.269 e. The van der Waals surface area contributed by atoms with Crippen molar-refractivity contribution >= 4 is 29.0 Å². The molecule has 1 aromatic carbocycles. The van der Waals surface area contributed by atoms with Gasteiger partial charge in [-0.25, -0.2) is 4.98 Å². The number of aromatic amines is 1. The number of hydrogen-bond donors (Lipinski definition) is 2. The van der Waals surface area contributed by atoms with E-state index >= 15 is 0 Å². The maximum absolute atomic E-state index is 12.1. The van der Waals surface area contributed by atoms with Crippen LogP contribution in [0.15, 0.2) is 34.2 Å². The number of hydrogen-bond acceptors (Lipinski definition) is 6. The van der Waals surface area contributed by atoms with Crippen molar-refractivity contribution in [2.24, 2.45) is 0 Å². The van der Waals surface area contributed by atoms with Gasteiger partial charge in [0.05, 0.1) is 16.4 Å². The Morgan fingerprint density at radius 3 is 2.72 bits per heavy atom. The standard InChI is InChI=1S/C16H18N4O4S/c1-9(2)13-7-14(21)19-16(18-13)25-8-15(22)17-12-5-4-11(20(23)24)6-10(12)3/h4-7,9H,8H2,1-3H3,(H,17,22)(H,18,19,21). The highest BCUT2D eigenvalue weighted by atomic mass is 32.2. The van der Waals surface area contributed by atoms with E-state index in [9.17, 15) is 19.7 Å². The quantitative estimate of drug-likeness (QED) is 0.353. The highest BCUT2D eigenvalue weighted by Crippen LogP contribution is 2.22. The minimum absolute atomic E-state index is 0.0304. The molecule has 0 saturated heterocycles. The van der Waals surface area contributed by atoms with Crippen LogP contribution in [0.3, 0.4) is 0 Å². The lowest BCUT2D eigenvalue weighted by atomic mass is 10.1. The summed E-state index contributed by atoms with van der Waals surface area (Å²) in [7, 11) is 0. The average molecular weight is 362 g/mol. The number of nitrogens with zero attached hydrogens (tertiary/aromatic N) is 2. The number of rotatable bonds is 6. The zero-order valence-corrected chi connectivity index (χ0v) is 14.8. The largest absolute Gasteiger partial charge is 0.325 e. The van der Waals surface area contributed by atoms with E-state index in [1.54, 1.807) is 6.92 Å². The summed E-state index contributed by atoms with van der Waals surface area (Å²) in [5.74, 6) is -0.126. The average Bonchev–Trinajstić information content (AvgIpc) is 2.54. The van der Waals surface area contributed by atoms with E-state index in [1.807, 2.05) is 13.8 Å². The van der Waals surface area contributed by atoms with Crippen molar-refractivity contribution in [3.05, 3.63) is 56.0 Å². The normalized spacial score (nSPS) is 10.7. The maximum atomic E-state index is 12.1. The minimum Gasteiger partial charge on any atom is -0.325 e. The number of H-pyrrole nitrogens is 1. The third-order valence-corrected chi connectivity index (χ3v) is 4.24. The Morgan fingerprint density at radius 2 is 2.12 bits per heavy atom. The van der Waals surface area contributed by atoms with E-state index < -0.39 is 4.92 Å². The number of carbonyl (C=O) groups excluding carboxylic acids is 1. The summed E-state index contributed by atoms with van der Waals surface area (Å²) in [5, 5.41) is 13.8. The molecule has 1 amide bonds. The third kappa shape index (κ3) is 5.15. The number of benzene rings is 1. The Kier molecular flexibility index (Phi) is 5.92. The van der Waals surface area contributed by atoms with Gasteiger partial charge in [0.25, 0.3) is 11.2 Å². The van der Waals surface area contributed by atoms with E-state index in [4.69, 9.17) is 0 Å². The van der Waals surface area contributed by atoms with E-state index in [2.05, 4.69) is 15.3 Å². The lowest BCUT2D eigenvalue weighted by molar-refractivity contribution is -0.384. The van der Waals surface area contributed by atoms with Gasteiger partial charge in [0.2, 0.25) is 5.91 Å². The summed E-state index contributed by atoms with van der Waals surface area (Å²) in [6, 6.07) is 5.67. The Morgan fingerprint density at radius 1 is 1.40 bits per heavy atom. The van der Waals surface area contributed by atoms with Gasteiger partial charge in [-0.05, 0) is 24.5 Å². The number of thioether (sulfide) groups is 1. The molecule has 0 spiro atoms. The Labute approximate surface area is 148 Å². The molecule has 0 aliphatic carbocycles. The first-order chi connectivity index (χ1) is 11.8. The molecule has 8 nitrogen and oxygen atoms in total. The fourth-order valence-corrected chi connectivity index (χ4v) is 2.72. The van der Waals surface area contributed by atoms with Crippen molar-refractivity contribution in [3.63, 3.8) is 0 Å². The Hall–Kier alpha value is -2.68. The number of nitrogens with one attached hydrogen (secondary N) is 2. The Bertz CT molecular complexity index is 863. The van der Waals surface area contributed by atoms with Crippen LogP contribution in [-0.2, 0) is 4.79 Å². The molecule has 0 aliphatic rings. The van der Waals surface area contributed by atoms with Crippen LogP contribution in [0.4, 0.5) is 11.4 Å². The number of aromatic nitrogens is 2. The van der Waals surface area contributed by atoms with Gasteiger partial charge >= 0.3 is 0 Å². The van der Waals surface area contributed by atoms with Gasteiger partial charge in [-0.15, -0.1) is 0 Å². The van der Waals surface area contributed by atoms with Gasteiger partial charge in [0.1, 0.15) is 0 Å². The number of carbonyl (C=O) groups is 1. The molecule has 132 valence electrons. The van der Waals surface area contributed by atoms with Crippen molar-refractivity contribution in [2.75, 3.05) is 11.1 Å². The van der Waals surface area contributed by atoms with Crippen molar-refractivity contribution in [2.45, 2.75) is 31.8 Å². The summed E-state index contributed by atoms with van der Waals surface area (Å²) < 4.78 is 0. The van der Waals surface area contributed by atoms with Gasteiger partial charge in [-0.3, -0.25) is 19.7 Å². The van der Waals surface area contributed by atoms with Crippen LogP contribution >= 0.6 is 11.8 Å². The molecule has 0 atom stereocenters. The number of nitro groups is 1. The third-order valence-electron chi connectivity index (χ3n) is 3.37. The van der Waals surface area contributed by atoms with Crippen LogP contribution in [0, 0.1) is 17.0 Å². The minimum atomic E-state index is -0.488. The van der Waals surface area contributed by atoms with Crippen molar-refractivity contribution in [3.8, 4) is 0 Å². The number of amides is 1. The second-order valence-electron chi connectivity index (χ2n) is 5.72. The predicted molar refractivity (Wildman–Crippen MR) is 96.1 cm³/mol. The molecular weight excluding hydrogens is 344 g/mol. The highest BCUT2D eigenvalue weighted by molar-refractivity contribution is 7.99. The molecule has 25 heavy (non-hydrogen) atoms. The summed E-state index contributed by atoms with van der Waals surface area (Å²) in [4.78, 5) is 40.8. The van der Waals surface area contributed by atoms with Crippen LogP contribution in [-0.4, -0.2) is 26.6 Å². The molecular formula is C16H18N4O4S. The first-order valence-corrected chi connectivity index (χ1v) is 8.53. The van der Waals surface area contributed by atoms with Crippen LogP contribution in [0.25, 0.3) is 0 Å². The number of anilines is 1. The highest BCUT2D eigenvalue weighted by Gasteiger charge is 2.12. The van der Waals surface area contributed by atoms with Gasteiger partial charge in [-0.1, -0.05) is 25.6 Å². The zero-order chi connectivity index (χ0) is 18.6. The summed E-state index contributed by atoms with van der Waals surface area (Å²) >= 11 is 1.12. The van der Waals surface area contributed by atoms with Gasteiger partial charge in [-0.2, -0.15) is 0 Å². The van der Waals surface area contributed by atoms with Crippen LogP contribution in [0.1, 0.15) is 31.0 Å². The molecule has 9 heteroatoms. The molecule has 1 heterocycles. The first-order valence-electron chi connectivity index (χ1n) is 7.55. The molecule has 1 aromatic heterocycles. The monoisotopic (exact) mass is 362 g/mol. The zero-order valence-electron chi connectivity index (χ0n) is 14.0. The molecule has 0 saturated carbocycles. The summed E-state index contributed by atoms with van der Waals surface area (Å²) in [6.07, 6.45) is 0. The number of non-ortho nitro benzene ring substituents is 1. The fourth-order valence-electron chi connectivity index (χ4n) is 2.04. The van der Waals surface area contributed by atoms with Gasteiger partial charge in [0.15, 0.2) is 5.16 Å². The topological polar surface area (TPSA) is 118 Å².